The lowest BCUT2D eigenvalue weighted by atomic mass is 9.78. The van der Waals surface area contributed by atoms with Gasteiger partial charge in [0.15, 0.2) is 0 Å². The lowest BCUT2D eigenvalue weighted by Crippen LogP contribution is -2.28. The second-order valence-electron chi connectivity index (χ2n) is 5.61. The van der Waals surface area contributed by atoms with Crippen LogP contribution in [-0.4, -0.2) is 14.7 Å². The van der Waals surface area contributed by atoms with E-state index in [1.54, 1.807) is 18.5 Å². The van der Waals surface area contributed by atoms with Gasteiger partial charge in [0, 0.05) is 0 Å². The maximum absolute atomic E-state index is 11.1. The molecule has 1 aromatic heterocycles. The van der Waals surface area contributed by atoms with E-state index in [2.05, 4.69) is 18.1 Å². The molecule has 0 spiro atoms. The van der Waals surface area contributed by atoms with E-state index in [1.807, 2.05) is 0 Å². The molecule has 1 heterocycles. The molecular formula is C14H20N4O2. The molecule has 1 aromatic rings. The number of hydrogen-bond donors (Lipinski definition) is 0. The van der Waals surface area contributed by atoms with Crippen LogP contribution in [0.4, 0.5) is 5.69 Å². The molecular weight excluding hydrogens is 256 g/mol. The number of rotatable bonds is 3. The third-order valence-electron chi connectivity index (χ3n) is 4.45. The average molecular weight is 276 g/mol. The van der Waals surface area contributed by atoms with Gasteiger partial charge in [-0.2, -0.15) is 10.4 Å². The van der Waals surface area contributed by atoms with E-state index in [0.717, 1.165) is 25.7 Å². The van der Waals surface area contributed by atoms with Crippen molar-refractivity contribution in [2.24, 2.45) is 11.8 Å². The van der Waals surface area contributed by atoms with Crippen molar-refractivity contribution in [1.29, 1.82) is 5.26 Å². The number of aryl methyl sites for hydroxylation is 1. The fourth-order valence-corrected chi connectivity index (χ4v) is 3.26. The normalized spacial score (nSPS) is 26.2. The van der Waals surface area contributed by atoms with Gasteiger partial charge in [0.1, 0.15) is 11.4 Å². The zero-order chi connectivity index (χ0) is 14.9. The molecule has 0 saturated heterocycles. The maximum atomic E-state index is 11.1. The molecule has 0 amide bonds. The predicted molar refractivity (Wildman–Crippen MR) is 74.1 cm³/mol. The zero-order valence-electron chi connectivity index (χ0n) is 12.2. The van der Waals surface area contributed by atoms with Crippen LogP contribution in [0.15, 0.2) is 0 Å². The summed E-state index contributed by atoms with van der Waals surface area (Å²) in [5, 5.41) is 24.8. The molecule has 0 aromatic carbocycles. The molecule has 108 valence electrons. The van der Waals surface area contributed by atoms with Gasteiger partial charge < -0.3 is 0 Å². The molecule has 6 nitrogen and oxygen atoms in total. The van der Waals surface area contributed by atoms with Gasteiger partial charge in [0.2, 0.25) is 0 Å². The van der Waals surface area contributed by atoms with Gasteiger partial charge in [-0.25, -0.2) is 0 Å². The molecule has 6 heteroatoms. The molecule has 1 aliphatic carbocycles. The van der Waals surface area contributed by atoms with Crippen LogP contribution in [0.1, 0.15) is 50.0 Å². The van der Waals surface area contributed by atoms with E-state index in [9.17, 15) is 15.4 Å². The Morgan fingerprint density at radius 1 is 1.50 bits per heavy atom. The highest BCUT2D eigenvalue weighted by Gasteiger charge is 2.35. The zero-order valence-corrected chi connectivity index (χ0v) is 12.2. The van der Waals surface area contributed by atoms with E-state index in [1.165, 1.54) is 0 Å². The average Bonchev–Trinajstić information content (AvgIpc) is 2.73. The number of nitrogens with zero attached hydrogens (tertiary/aromatic N) is 4. The summed E-state index contributed by atoms with van der Waals surface area (Å²) in [4.78, 5) is 10.7. The van der Waals surface area contributed by atoms with Crippen molar-refractivity contribution in [2.45, 2.75) is 52.5 Å². The summed E-state index contributed by atoms with van der Waals surface area (Å²) in [5.41, 5.74) is 1.08. The van der Waals surface area contributed by atoms with Gasteiger partial charge in [-0.15, -0.1) is 0 Å². The Morgan fingerprint density at radius 3 is 2.70 bits per heavy atom. The fraction of sp³-hybridized carbons (Fsp3) is 0.714. The van der Waals surface area contributed by atoms with Gasteiger partial charge in [-0.1, -0.05) is 13.3 Å². The van der Waals surface area contributed by atoms with Crippen LogP contribution in [0.25, 0.3) is 0 Å². The summed E-state index contributed by atoms with van der Waals surface area (Å²) in [6.45, 7) is 5.53. The van der Waals surface area contributed by atoms with Crippen LogP contribution in [0.3, 0.4) is 0 Å². The first-order valence-corrected chi connectivity index (χ1v) is 7.09. The first kappa shape index (κ1) is 14.5. The topological polar surface area (TPSA) is 84.8 Å². The first-order chi connectivity index (χ1) is 9.49. The quantitative estimate of drug-likeness (QED) is 0.626. The molecule has 3 atom stereocenters. The summed E-state index contributed by atoms with van der Waals surface area (Å²) in [6.07, 6.45) is 3.88. The van der Waals surface area contributed by atoms with Gasteiger partial charge in [0.05, 0.1) is 23.0 Å². The van der Waals surface area contributed by atoms with Crippen molar-refractivity contribution in [3.63, 3.8) is 0 Å². The molecule has 3 unspecified atom stereocenters. The fourth-order valence-electron chi connectivity index (χ4n) is 3.26. The molecule has 1 fully saturated rings. The van der Waals surface area contributed by atoms with Gasteiger partial charge in [0.25, 0.3) is 0 Å². The van der Waals surface area contributed by atoms with Gasteiger partial charge >= 0.3 is 5.69 Å². The van der Waals surface area contributed by atoms with Crippen LogP contribution in [0.2, 0.25) is 0 Å². The predicted octanol–water partition coefficient (Wildman–Crippen LogP) is 3.30. The van der Waals surface area contributed by atoms with Gasteiger partial charge in [-0.3, -0.25) is 14.8 Å². The third kappa shape index (κ3) is 2.40. The van der Waals surface area contributed by atoms with Crippen LogP contribution in [-0.2, 0) is 0 Å². The largest absolute Gasteiger partial charge is 0.312 e. The smallest absolute Gasteiger partial charge is 0.258 e. The lowest BCUT2D eigenvalue weighted by Gasteiger charge is -2.32. The maximum Gasteiger partial charge on any atom is 0.312 e. The molecule has 1 aliphatic rings. The minimum absolute atomic E-state index is 0.0360. The van der Waals surface area contributed by atoms with Crippen molar-refractivity contribution in [2.75, 3.05) is 0 Å². The van der Waals surface area contributed by atoms with E-state index in [4.69, 9.17) is 0 Å². The second kappa shape index (κ2) is 5.61. The van der Waals surface area contributed by atoms with Gasteiger partial charge in [-0.05, 0) is 39.0 Å². The Labute approximate surface area is 118 Å². The summed E-state index contributed by atoms with van der Waals surface area (Å²) in [5.74, 6) is 0.475. The van der Waals surface area contributed by atoms with E-state index < -0.39 is 0 Å². The summed E-state index contributed by atoms with van der Waals surface area (Å²) in [6, 6.07) is 2.32. The minimum atomic E-state index is -0.379. The Balaban J connectivity index is 2.40. The molecule has 1 saturated carbocycles. The highest BCUT2D eigenvalue weighted by atomic mass is 16.6. The molecule has 0 N–H and O–H groups in total. The molecule has 20 heavy (non-hydrogen) atoms. The standard InChI is InChI=1S/C14H20N4O2/c1-4-11-5-6-12(8-15)13(7-11)17-10(3)14(18(19)20)9(2)16-17/h11-13H,4-7H2,1-3H3. The van der Waals surface area contributed by atoms with Crippen LogP contribution in [0.5, 0.6) is 0 Å². The minimum Gasteiger partial charge on any atom is -0.258 e. The molecule has 2 rings (SSSR count). The highest BCUT2D eigenvalue weighted by Crippen LogP contribution is 2.40. The monoisotopic (exact) mass is 276 g/mol. The summed E-state index contributed by atoms with van der Waals surface area (Å²) < 4.78 is 1.73. The molecule has 0 bridgehead atoms. The first-order valence-electron chi connectivity index (χ1n) is 7.09. The van der Waals surface area contributed by atoms with E-state index in [-0.39, 0.29) is 22.6 Å². The SMILES string of the molecule is CCC1CCC(C#N)C(n2nc(C)c([N+](=O)[O-])c2C)C1. The Morgan fingerprint density at radius 2 is 2.20 bits per heavy atom. The number of aromatic nitrogens is 2. The number of nitriles is 1. The van der Waals surface area contributed by atoms with Crippen molar-refractivity contribution in [1.82, 2.24) is 9.78 Å². The summed E-state index contributed by atoms with van der Waals surface area (Å²) >= 11 is 0. The number of hydrogen-bond acceptors (Lipinski definition) is 4. The lowest BCUT2D eigenvalue weighted by molar-refractivity contribution is -0.386. The third-order valence-corrected chi connectivity index (χ3v) is 4.45. The van der Waals surface area contributed by atoms with Crippen molar-refractivity contribution >= 4 is 5.69 Å². The van der Waals surface area contributed by atoms with Crippen molar-refractivity contribution in [3.05, 3.63) is 21.5 Å². The van der Waals surface area contributed by atoms with Crippen molar-refractivity contribution < 1.29 is 4.92 Å². The van der Waals surface area contributed by atoms with Crippen LogP contribution >= 0.6 is 0 Å². The van der Waals surface area contributed by atoms with E-state index in [0.29, 0.717) is 17.3 Å². The van der Waals surface area contributed by atoms with E-state index >= 15 is 0 Å². The number of nitro groups is 1. The highest BCUT2D eigenvalue weighted by molar-refractivity contribution is 5.39. The van der Waals surface area contributed by atoms with Crippen LogP contribution in [0, 0.1) is 47.1 Å². The Kier molecular flexibility index (Phi) is 4.07. The molecule has 0 aliphatic heterocycles. The summed E-state index contributed by atoms with van der Waals surface area (Å²) in [7, 11) is 0. The van der Waals surface area contributed by atoms with Crippen molar-refractivity contribution in [3.8, 4) is 6.07 Å². The Hall–Kier alpha value is -1.90. The second-order valence-corrected chi connectivity index (χ2v) is 5.61. The Bertz CT molecular complexity index is 558. The van der Waals surface area contributed by atoms with Crippen LogP contribution < -0.4 is 0 Å². The molecule has 0 radical (unpaired) electrons.